The van der Waals surface area contributed by atoms with Gasteiger partial charge in [-0.1, -0.05) is 279 Å². The van der Waals surface area contributed by atoms with Crippen molar-refractivity contribution in [3.63, 3.8) is 0 Å². The van der Waals surface area contributed by atoms with Crippen molar-refractivity contribution in [2.45, 2.75) is 232 Å². The van der Waals surface area contributed by atoms with Crippen LogP contribution in [0.25, 0.3) is 43.6 Å². The van der Waals surface area contributed by atoms with Crippen LogP contribution in [0.15, 0.2) is 194 Å². The molecule has 0 unspecified atom stereocenters. The van der Waals surface area contributed by atoms with Crippen molar-refractivity contribution in [1.82, 2.24) is 19.9 Å². The van der Waals surface area contributed by atoms with Crippen LogP contribution >= 0.6 is 0 Å². The lowest BCUT2D eigenvalue weighted by atomic mass is 9.81. The monoisotopic (exact) mass is 1240 g/mol. The Bertz CT molecular complexity index is 4160. The van der Waals surface area contributed by atoms with E-state index in [2.05, 4.69) is 370 Å². The number of nitrogens with zero attached hydrogens (tertiary/aromatic N) is 4. The Kier molecular flexibility index (Phi) is 25.6. The third kappa shape index (κ3) is 21.9. The van der Waals surface area contributed by atoms with Gasteiger partial charge in [-0.05, 0) is 202 Å². The van der Waals surface area contributed by atoms with Crippen LogP contribution in [0, 0.1) is 48.5 Å². The highest BCUT2D eigenvalue weighted by atomic mass is 14.7. The highest BCUT2D eigenvalue weighted by molar-refractivity contribution is 5.86. The van der Waals surface area contributed by atoms with Gasteiger partial charge in [-0.3, -0.25) is 19.9 Å². The fourth-order valence-electron chi connectivity index (χ4n) is 12.7. The van der Waals surface area contributed by atoms with Crippen LogP contribution in [-0.2, 0) is 37.9 Å². The molecule has 4 heterocycles. The van der Waals surface area contributed by atoms with E-state index in [1.54, 1.807) is 0 Å². The van der Waals surface area contributed by atoms with Crippen LogP contribution in [0.5, 0.6) is 0 Å². The Morgan fingerprint density at radius 2 is 0.548 bits per heavy atom. The molecular formula is C89H116N4. The largest absolute Gasteiger partial charge is 0.256 e. The van der Waals surface area contributed by atoms with E-state index in [0.717, 1.165) is 33.5 Å². The maximum absolute atomic E-state index is 4.59. The molecule has 0 aliphatic carbocycles. The summed E-state index contributed by atoms with van der Waals surface area (Å²) in [6.45, 7) is 62.1. The predicted molar refractivity (Wildman–Crippen MR) is 410 cm³/mol. The first-order valence-electron chi connectivity index (χ1n) is 33.6. The van der Waals surface area contributed by atoms with Gasteiger partial charge in [0.2, 0.25) is 0 Å². The van der Waals surface area contributed by atoms with Gasteiger partial charge in [0, 0.05) is 45.3 Å². The average molecular weight is 1240 g/mol. The Morgan fingerprint density at radius 3 is 0.957 bits per heavy atom. The van der Waals surface area contributed by atoms with Gasteiger partial charge in [0.1, 0.15) is 0 Å². The minimum atomic E-state index is 0.167. The molecule has 0 spiro atoms. The zero-order valence-corrected chi connectivity index (χ0v) is 62.8. The van der Waals surface area contributed by atoms with Crippen molar-refractivity contribution in [1.29, 1.82) is 0 Å². The number of hydrogen-bond acceptors (Lipinski definition) is 4. The molecule has 0 N–H and O–H groups in total. The SMILES string of the molecule is CC(C)(C)c1cccc2ncccc12.CC(C)(C)c1ccccc1.Cc1ccc2c(C(C)(C)C)c(C)ccc2n1.Cc1ccc2c(C(C)(C)C)cccc2n1.Cc1ccc2ncccc2c1C(C)(C)C.Cc1cccc(C)c1C(C)(C)C.Cc1ccccc1C(C)(C)C. The van der Waals surface area contributed by atoms with E-state index in [0.29, 0.717) is 5.41 Å². The van der Waals surface area contributed by atoms with Crippen LogP contribution in [0.1, 0.15) is 224 Å². The van der Waals surface area contributed by atoms with Gasteiger partial charge in [-0.25, -0.2) is 0 Å². The number of aromatic nitrogens is 4. The lowest BCUT2D eigenvalue weighted by Crippen LogP contribution is -2.14. The molecule has 0 saturated heterocycles. The Balaban J connectivity index is 0.000000198. The molecule has 0 bridgehead atoms. The van der Waals surface area contributed by atoms with Crippen molar-refractivity contribution in [2.75, 3.05) is 0 Å². The number of pyridine rings is 4. The third-order valence-electron chi connectivity index (χ3n) is 16.7. The second kappa shape index (κ2) is 31.4. The summed E-state index contributed by atoms with van der Waals surface area (Å²) in [5.74, 6) is 0. The van der Waals surface area contributed by atoms with Crippen molar-refractivity contribution in [3.05, 3.63) is 273 Å². The van der Waals surface area contributed by atoms with E-state index in [4.69, 9.17) is 0 Å². The number of rotatable bonds is 0. The first-order chi connectivity index (χ1) is 43.0. The molecule has 0 amide bonds. The quantitative estimate of drug-likeness (QED) is 0.152. The molecule has 492 valence electrons. The van der Waals surface area contributed by atoms with E-state index in [1.165, 1.54) is 88.3 Å². The van der Waals surface area contributed by atoms with E-state index in [1.807, 2.05) is 38.4 Å². The van der Waals surface area contributed by atoms with Gasteiger partial charge in [0.25, 0.3) is 0 Å². The van der Waals surface area contributed by atoms with Crippen LogP contribution in [0.2, 0.25) is 0 Å². The average Bonchev–Trinajstić information content (AvgIpc) is 1.13. The van der Waals surface area contributed by atoms with E-state index in [9.17, 15) is 0 Å². The summed E-state index contributed by atoms with van der Waals surface area (Å²) in [5, 5.41) is 5.11. The number of fused-ring (bicyclic) bond motifs is 4. The molecule has 11 aromatic rings. The van der Waals surface area contributed by atoms with Gasteiger partial charge >= 0.3 is 0 Å². The van der Waals surface area contributed by atoms with Crippen LogP contribution < -0.4 is 0 Å². The highest BCUT2D eigenvalue weighted by Gasteiger charge is 2.23. The molecular weight excluding hydrogens is 1130 g/mol. The Labute approximate surface area is 564 Å². The topological polar surface area (TPSA) is 51.6 Å². The summed E-state index contributed by atoms with van der Waals surface area (Å²) >= 11 is 0. The lowest BCUT2D eigenvalue weighted by molar-refractivity contribution is 0.582. The maximum atomic E-state index is 4.59. The molecule has 4 aromatic heterocycles. The van der Waals surface area contributed by atoms with Crippen LogP contribution in [0.4, 0.5) is 0 Å². The fraction of sp³-hybridized carbons (Fsp3) is 0.393. The standard InChI is InChI=1S/C15H19N.2C14H17N.C13H15N.C12H18.C11H16.C10H14/c1-10-6-9-13-12(8-7-11(2)16-13)14(10)15(3,4)5;1-10-7-8-12-11(6-5-9-15-12)13(10)14(2,3)4;1-10-8-9-11-12(14(2,3)4)6-5-7-13(11)15-10;1-13(2,3)11-7-4-8-12-10(11)6-5-9-14-12;1-9-7-6-8-10(2)11(9)12(3,4)5;1-9-7-5-6-8-10(9)11(2,3)4;1-10(2,3)9-7-5-4-6-8-9/h6-9H,1-5H3;2*5-9H,1-4H3;4-9H,1-3H3;6-8H,1-5H3;5-8H,1-4H3;4-8H,1-3H3. The van der Waals surface area contributed by atoms with Crippen molar-refractivity contribution >= 4 is 43.6 Å². The second-order valence-electron chi connectivity index (χ2n) is 32.5. The molecule has 0 aliphatic rings. The molecule has 93 heavy (non-hydrogen) atoms. The van der Waals surface area contributed by atoms with Gasteiger partial charge in [-0.15, -0.1) is 0 Å². The molecule has 0 atom stereocenters. The molecule has 0 aliphatic heterocycles. The Hall–Kier alpha value is -7.82. The number of hydrogen-bond donors (Lipinski definition) is 0. The minimum absolute atomic E-state index is 0.167. The van der Waals surface area contributed by atoms with Gasteiger partial charge in [-0.2, -0.15) is 0 Å². The summed E-state index contributed by atoms with van der Waals surface area (Å²) in [7, 11) is 0. The summed E-state index contributed by atoms with van der Waals surface area (Å²) < 4.78 is 0. The summed E-state index contributed by atoms with van der Waals surface area (Å²) in [6, 6.07) is 63.7. The zero-order chi connectivity index (χ0) is 69.7. The maximum Gasteiger partial charge on any atom is 0.0708 e. The van der Waals surface area contributed by atoms with Gasteiger partial charge in [0.05, 0.1) is 22.1 Å². The number of benzene rings is 7. The second-order valence-corrected chi connectivity index (χ2v) is 32.5. The van der Waals surface area contributed by atoms with Gasteiger partial charge in [0.15, 0.2) is 0 Å². The fourth-order valence-corrected chi connectivity index (χ4v) is 12.7. The van der Waals surface area contributed by atoms with Crippen LogP contribution in [-0.4, -0.2) is 19.9 Å². The smallest absolute Gasteiger partial charge is 0.0708 e. The third-order valence-corrected chi connectivity index (χ3v) is 16.7. The summed E-state index contributed by atoms with van der Waals surface area (Å²) in [6.07, 6.45) is 3.69. The molecule has 0 saturated carbocycles. The van der Waals surface area contributed by atoms with Crippen molar-refractivity contribution in [3.8, 4) is 0 Å². The minimum Gasteiger partial charge on any atom is -0.256 e. The van der Waals surface area contributed by atoms with E-state index in [-0.39, 0.29) is 32.5 Å². The predicted octanol–water partition coefficient (Wildman–Crippen LogP) is 25.2. The highest BCUT2D eigenvalue weighted by Crippen LogP contribution is 2.35. The molecule has 7 aromatic carbocycles. The normalized spacial score (nSPS) is 11.9. The summed E-state index contributed by atoms with van der Waals surface area (Å²) in [4.78, 5) is 17.9. The zero-order valence-electron chi connectivity index (χ0n) is 62.8. The Morgan fingerprint density at radius 1 is 0.215 bits per heavy atom. The summed E-state index contributed by atoms with van der Waals surface area (Å²) in [5.41, 5.74) is 24.9. The lowest BCUT2D eigenvalue weighted by Gasteiger charge is -2.23. The molecule has 11 rings (SSSR count). The molecule has 4 heteroatoms. The van der Waals surface area contributed by atoms with Gasteiger partial charge < -0.3 is 0 Å². The molecule has 0 radical (unpaired) electrons. The van der Waals surface area contributed by atoms with Crippen molar-refractivity contribution in [2.24, 2.45) is 0 Å². The first kappa shape index (κ1) is 75.9. The molecule has 0 fully saturated rings. The number of aryl methyl sites for hydroxylation is 7. The van der Waals surface area contributed by atoms with Crippen LogP contribution in [0.3, 0.4) is 0 Å². The van der Waals surface area contributed by atoms with Crippen molar-refractivity contribution < 1.29 is 0 Å². The molecule has 4 nitrogen and oxygen atoms in total. The first-order valence-corrected chi connectivity index (χ1v) is 33.6. The van der Waals surface area contributed by atoms with E-state index >= 15 is 0 Å². The van der Waals surface area contributed by atoms with E-state index < -0.39 is 0 Å².